The lowest BCUT2D eigenvalue weighted by molar-refractivity contribution is -0.145. The highest BCUT2D eigenvalue weighted by atomic mass is 32.2. The smallest absolute Gasteiger partial charge is 0.420 e. The minimum absolute atomic E-state index is 0.0589. The van der Waals surface area contributed by atoms with E-state index in [1.165, 1.54) is 45.0 Å². The Morgan fingerprint density at radius 1 is 0.897 bits per heavy atom. The fraction of sp³-hybridized carbons (Fsp3) is 0.433. The van der Waals surface area contributed by atoms with Crippen LogP contribution in [0.25, 0.3) is 21.2 Å². The van der Waals surface area contributed by atoms with E-state index in [0.717, 1.165) is 10.5 Å². The molecule has 0 radical (unpaired) electrons. The predicted molar refractivity (Wildman–Crippen MR) is 158 cm³/mol. The van der Waals surface area contributed by atoms with Crippen molar-refractivity contribution < 1.29 is 28.6 Å². The monoisotopic (exact) mass is 571 g/mol. The molecule has 7 nitrogen and oxygen atoms in total. The second kappa shape index (κ2) is 12.0. The summed E-state index contributed by atoms with van der Waals surface area (Å²) in [7, 11) is 1.21. The minimum Gasteiger partial charge on any atom is -0.467 e. The van der Waals surface area contributed by atoms with E-state index in [0.29, 0.717) is 4.90 Å². The molecule has 1 heterocycles. The number of methoxy groups -OCH3 is 1. The van der Waals surface area contributed by atoms with Crippen LogP contribution in [0.15, 0.2) is 47.4 Å². The average molecular weight is 572 g/mol. The molecule has 0 bridgehead atoms. The number of hydrogen-bond donors (Lipinski definition) is 0. The first-order valence-electron chi connectivity index (χ1n) is 12.7. The van der Waals surface area contributed by atoms with Gasteiger partial charge in [0.15, 0.2) is 6.04 Å². The lowest BCUT2D eigenvalue weighted by atomic mass is 10.0. The van der Waals surface area contributed by atoms with Gasteiger partial charge in [0.25, 0.3) is 0 Å². The van der Waals surface area contributed by atoms with Crippen LogP contribution >= 0.6 is 23.1 Å². The van der Waals surface area contributed by atoms with Crippen LogP contribution in [-0.2, 0) is 19.0 Å². The Bertz CT molecular complexity index is 1320. The number of amides is 2. The van der Waals surface area contributed by atoms with E-state index < -0.39 is 35.4 Å². The summed E-state index contributed by atoms with van der Waals surface area (Å²) in [6.45, 7) is 14.4. The zero-order chi connectivity index (χ0) is 29.1. The number of aryl methyl sites for hydroxylation is 2. The second-order valence-electron chi connectivity index (χ2n) is 11.2. The highest BCUT2D eigenvalue weighted by Gasteiger charge is 2.41. The molecule has 1 aromatic heterocycles. The van der Waals surface area contributed by atoms with Crippen molar-refractivity contribution in [3.05, 3.63) is 52.9 Å². The number of esters is 1. The maximum absolute atomic E-state index is 13.1. The number of thiophene rings is 1. The fourth-order valence-corrected chi connectivity index (χ4v) is 5.99. The molecule has 0 saturated heterocycles. The van der Waals surface area contributed by atoms with Crippen molar-refractivity contribution in [2.45, 2.75) is 77.5 Å². The van der Waals surface area contributed by atoms with E-state index in [1.54, 1.807) is 52.9 Å². The van der Waals surface area contributed by atoms with Gasteiger partial charge in [0.05, 0.1) is 7.11 Å². The van der Waals surface area contributed by atoms with Crippen LogP contribution in [0.5, 0.6) is 0 Å². The van der Waals surface area contributed by atoms with Gasteiger partial charge in [-0.25, -0.2) is 14.4 Å². The summed E-state index contributed by atoms with van der Waals surface area (Å²) in [5.41, 5.74) is 1.78. The van der Waals surface area contributed by atoms with Gasteiger partial charge in [-0.3, -0.25) is 0 Å². The normalized spacial score (nSPS) is 12.6. The van der Waals surface area contributed by atoms with Gasteiger partial charge >= 0.3 is 18.2 Å². The standard InChI is InChI=1S/C30H37NO6S2/c1-18-19(2)39-25-22(18)11-10-12-23(25)20-13-15-21(16-14-20)38-17-24(26(32)35-9)31(27(33)36-29(3,4)5)28(34)37-30(6,7)8/h10-16,24H,17H2,1-9H3. The lowest BCUT2D eigenvalue weighted by Crippen LogP contribution is -2.53. The maximum atomic E-state index is 13.1. The zero-order valence-corrected chi connectivity index (χ0v) is 25.7. The molecule has 0 aliphatic carbocycles. The van der Waals surface area contributed by atoms with Crippen molar-refractivity contribution in [1.82, 2.24) is 4.90 Å². The Kier molecular flexibility index (Phi) is 9.39. The van der Waals surface area contributed by atoms with Gasteiger partial charge in [-0.05, 0) is 89.6 Å². The molecule has 0 aliphatic heterocycles. The van der Waals surface area contributed by atoms with Crippen molar-refractivity contribution in [3.8, 4) is 11.1 Å². The number of imide groups is 1. The highest BCUT2D eigenvalue weighted by molar-refractivity contribution is 7.99. The molecular formula is C30H37NO6S2. The van der Waals surface area contributed by atoms with Crippen molar-refractivity contribution >= 4 is 51.3 Å². The molecule has 9 heteroatoms. The van der Waals surface area contributed by atoms with Gasteiger partial charge < -0.3 is 14.2 Å². The van der Waals surface area contributed by atoms with Crippen LogP contribution in [0, 0.1) is 13.8 Å². The number of benzene rings is 2. The van der Waals surface area contributed by atoms with Gasteiger partial charge in [-0.15, -0.1) is 23.1 Å². The Morgan fingerprint density at radius 3 is 1.97 bits per heavy atom. The lowest BCUT2D eigenvalue weighted by Gasteiger charge is -2.32. The van der Waals surface area contributed by atoms with E-state index in [2.05, 4.69) is 32.0 Å². The van der Waals surface area contributed by atoms with Crippen LogP contribution < -0.4 is 0 Å². The Labute approximate surface area is 238 Å². The van der Waals surface area contributed by atoms with E-state index in [9.17, 15) is 14.4 Å². The Hall–Kier alpha value is -3.04. The number of carbonyl (C=O) groups excluding carboxylic acids is 3. The number of ether oxygens (including phenoxy) is 3. The van der Waals surface area contributed by atoms with Crippen LogP contribution in [0.3, 0.4) is 0 Å². The summed E-state index contributed by atoms with van der Waals surface area (Å²) in [4.78, 5) is 41.9. The molecule has 0 fully saturated rings. The van der Waals surface area contributed by atoms with Gasteiger partial charge in [0.1, 0.15) is 11.2 Å². The molecule has 1 unspecified atom stereocenters. The average Bonchev–Trinajstić information content (AvgIpc) is 3.12. The van der Waals surface area contributed by atoms with Crippen molar-refractivity contribution in [3.63, 3.8) is 0 Å². The molecule has 210 valence electrons. The summed E-state index contributed by atoms with van der Waals surface area (Å²) in [5.74, 6) is -0.686. The highest BCUT2D eigenvalue weighted by Crippen LogP contribution is 2.38. The molecule has 0 N–H and O–H groups in total. The number of thioether (sulfide) groups is 1. The molecule has 0 aliphatic rings. The van der Waals surface area contributed by atoms with Crippen molar-refractivity contribution in [2.24, 2.45) is 0 Å². The third-order valence-corrected chi connectivity index (χ3v) is 8.09. The number of rotatable bonds is 6. The number of nitrogens with zero attached hydrogens (tertiary/aromatic N) is 1. The number of carbonyl (C=O) groups is 3. The summed E-state index contributed by atoms with van der Waals surface area (Å²) in [6, 6.07) is 13.1. The van der Waals surface area contributed by atoms with E-state index in [1.807, 2.05) is 24.3 Å². The minimum atomic E-state index is -1.25. The Balaban J connectivity index is 1.86. The van der Waals surface area contributed by atoms with Gasteiger partial charge in [-0.1, -0.05) is 30.3 Å². The Morgan fingerprint density at radius 2 is 1.46 bits per heavy atom. The SMILES string of the molecule is COC(=O)C(CSc1ccc(-c2cccc3c(C)c(C)sc23)cc1)N(C(=O)OC(C)(C)C)C(=O)OC(C)(C)C. The third kappa shape index (κ3) is 7.76. The molecule has 1 atom stereocenters. The first-order valence-corrected chi connectivity index (χ1v) is 14.5. The molecule has 0 saturated carbocycles. The summed E-state index contributed by atoms with van der Waals surface area (Å²) >= 11 is 3.12. The predicted octanol–water partition coefficient (Wildman–Crippen LogP) is 7.99. The zero-order valence-electron chi connectivity index (χ0n) is 24.0. The third-order valence-electron chi connectivity index (χ3n) is 5.74. The molecule has 2 aromatic carbocycles. The summed E-state index contributed by atoms with van der Waals surface area (Å²) in [5, 5.41) is 1.26. The molecule has 0 spiro atoms. The molecule has 2 amide bonds. The molecule has 3 rings (SSSR count). The van der Waals surface area contributed by atoms with Gasteiger partial charge in [0.2, 0.25) is 0 Å². The second-order valence-corrected chi connectivity index (χ2v) is 13.5. The molecular weight excluding hydrogens is 534 g/mol. The van der Waals surface area contributed by atoms with E-state index >= 15 is 0 Å². The maximum Gasteiger partial charge on any atom is 0.420 e. The van der Waals surface area contributed by atoms with E-state index in [4.69, 9.17) is 14.2 Å². The summed E-state index contributed by atoms with van der Waals surface area (Å²) < 4.78 is 17.1. The summed E-state index contributed by atoms with van der Waals surface area (Å²) in [6.07, 6.45) is -1.95. The topological polar surface area (TPSA) is 82.1 Å². The number of hydrogen-bond acceptors (Lipinski definition) is 8. The van der Waals surface area contributed by atoms with Crippen molar-refractivity contribution in [2.75, 3.05) is 12.9 Å². The first kappa shape index (κ1) is 30.5. The van der Waals surface area contributed by atoms with Gasteiger partial charge in [-0.2, -0.15) is 4.90 Å². The molecule has 3 aromatic rings. The van der Waals surface area contributed by atoms with Gasteiger partial charge in [0, 0.05) is 20.2 Å². The quantitative estimate of drug-likeness (QED) is 0.168. The van der Waals surface area contributed by atoms with Crippen LogP contribution in [-0.4, -0.2) is 53.2 Å². The van der Waals surface area contributed by atoms with Crippen molar-refractivity contribution in [1.29, 1.82) is 0 Å². The first-order chi connectivity index (χ1) is 18.1. The largest absolute Gasteiger partial charge is 0.467 e. The molecule has 39 heavy (non-hydrogen) atoms. The van der Waals surface area contributed by atoms with Crippen LogP contribution in [0.1, 0.15) is 52.0 Å². The number of fused-ring (bicyclic) bond motifs is 1. The van der Waals surface area contributed by atoms with Crippen LogP contribution in [0.2, 0.25) is 0 Å². The van der Waals surface area contributed by atoms with Crippen LogP contribution in [0.4, 0.5) is 9.59 Å². The van der Waals surface area contributed by atoms with E-state index in [-0.39, 0.29) is 5.75 Å². The fourth-order valence-electron chi connectivity index (χ4n) is 3.83.